The van der Waals surface area contributed by atoms with Crippen LogP contribution in [0.1, 0.15) is 34.0 Å². The van der Waals surface area contributed by atoms with Gasteiger partial charge in [-0.2, -0.15) is 0 Å². The number of anilines is 1. The lowest BCUT2D eigenvalue weighted by Crippen LogP contribution is -2.15. The van der Waals surface area contributed by atoms with Gasteiger partial charge >= 0.3 is 0 Å². The van der Waals surface area contributed by atoms with Crippen molar-refractivity contribution in [2.75, 3.05) is 11.1 Å². The maximum atomic E-state index is 12.4. The number of carbonyl (C=O) groups is 1. The lowest BCUT2D eigenvalue weighted by Gasteiger charge is -2.10. The third-order valence-electron chi connectivity index (χ3n) is 2.80. The molecule has 0 spiro atoms. The Morgan fingerprint density at radius 3 is 2.50 bits per heavy atom. The predicted octanol–water partition coefficient (Wildman–Crippen LogP) is 3.83. The van der Waals surface area contributed by atoms with Crippen LogP contribution in [0.5, 0.6) is 0 Å². The molecule has 0 bridgehead atoms. The van der Waals surface area contributed by atoms with Crippen molar-refractivity contribution in [2.24, 2.45) is 0 Å². The third kappa shape index (κ3) is 3.37. The fourth-order valence-electron chi connectivity index (χ4n) is 2.14. The zero-order valence-corrected chi connectivity index (χ0v) is 13.6. The molecule has 0 unspecified atom stereocenters. The summed E-state index contributed by atoms with van der Waals surface area (Å²) in [5.74, 6) is 0.822. The summed E-state index contributed by atoms with van der Waals surface area (Å²) in [6.07, 6.45) is 0. The van der Waals surface area contributed by atoms with Gasteiger partial charge in [0.25, 0.3) is 5.91 Å². The van der Waals surface area contributed by atoms with Gasteiger partial charge in [-0.25, -0.2) is 0 Å². The fraction of sp³-hybridized carbons (Fsp3) is 0.357. The first-order valence-electron chi connectivity index (χ1n) is 6.36. The minimum atomic E-state index is -0.121. The summed E-state index contributed by atoms with van der Waals surface area (Å²) < 4.78 is 0.875. The van der Waals surface area contributed by atoms with Crippen molar-refractivity contribution in [3.8, 4) is 0 Å². The van der Waals surface area contributed by atoms with Crippen LogP contribution < -0.4 is 5.32 Å². The zero-order valence-electron chi connectivity index (χ0n) is 12.0. The SMILES string of the molecule is CCSc1nnc(NC(=O)c2c(C)cc(C)cc2C)s1. The smallest absolute Gasteiger partial charge is 0.258 e. The fourth-order valence-corrected chi connectivity index (χ4v) is 3.78. The molecule has 4 nitrogen and oxygen atoms in total. The second-order valence-electron chi connectivity index (χ2n) is 4.53. The van der Waals surface area contributed by atoms with E-state index in [0.29, 0.717) is 5.13 Å². The highest BCUT2D eigenvalue weighted by Crippen LogP contribution is 2.26. The van der Waals surface area contributed by atoms with Crippen LogP contribution in [0.3, 0.4) is 0 Å². The maximum Gasteiger partial charge on any atom is 0.258 e. The van der Waals surface area contributed by atoms with Crippen LogP contribution in [0.25, 0.3) is 0 Å². The van der Waals surface area contributed by atoms with E-state index in [1.54, 1.807) is 11.8 Å². The quantitative estimate of drug-likeness (QED) is 0.689. The van der Waals surface area contributed by atoms with E-state index in [2.05, 4.69) is 22.4 Å². The molecule has 2 aromatic rings. The van der Waals surface area contributed by atoms with E-state index in [4.69, 9.17) is 0 Å². The molecule has 1 N–H and O–H groups in total. The van der Waals surface area contributed by atoms with Crippen molar-refractivity contribution in [1.82, 2.24) is 10.2 Å². The molecule has 106 valence electrons. The van der Waals surface area contributed by atoms with Crippen molar-refractivity contribution in [1.29, 1.82) is 0 Å². The zero-order chi connectivity index (χ0) is 14.7. The lowest BCUT2D eigenvalue weighted by molar-refractivity contribution is 0.102. The summed E-state index contributed by atoms with van der Waals surface area (Å²) in [6, 6.07) is 4.03. The number of benzene rings is 1. The van der Waals surface area contributed by atoms with E-state index in [-0.39, 0.29) is 5.91 Å². The van der Waals surface area contributed by atoms with E-state index in [1.807, 2.05) is 32.9 Å². The Kier molecular flexibility index (Phi) is 4.77. The largest absolute Gasteiger partial charge is 0.296 e. The summed E-state index contributed by atoms with van der Waals surface area (Å²) in [7, 11) is 0. The minimum Gasteiger partial charge on any atom is -0.296 e. The highest BCUT2D eigenvalue weighted by Gasteiger charge is 2.15. The van der Waals surface area contributed by atoms with Crippen LogP contribution in [0.4, 0.5) is 5.13 Å². The molecule has 20 heavy (non-hydrogen) atoms. The molecule has 0 aliphatic rings. The molecule has 0 saturated heterocycles. The first-order valence-corrected chi connectivity index (χ1v) is 8.17. The summed E-state index contributed by atoms with van der Waals surface area (Å²) in [5, 5.41) is 11.4. The highest BCUT2D eigenvalue weighted by molar-refractivity contribution is 8.01. The number of thioether (sulfide) groups is 1. The minimum absolute atomic E-state index is 0.121. The average Bonchev–Trinajstić information content (AvgIpc) is 2.75. The van der Waals surface area contributed by atoms with Crippen molar-refractivity contribution in [3.63, 3.8) is 0 Å². The van der Waals surface area contributed by atoms with Crippen molar-refractivity contribution < 1.29 is 4.79 Å². The first-order chi connectivity index (χ1) is 9.51. The number of nitrogens with one attached hydrogen (secondary N) is 1. The highest BCUT2D eigenvalue weighted by atomic mass is 32.2. The van der Waals surface area contributed by atoms with Gasteiger partial charge in [0.05, 0.1) is 0 Å². The predicted molar refractivity (Wildman–Crippen MR) is 84.9 cm³/mol. The number of amides is 1. The molecule has 0 radical (unpaired) electrons. The van der Waals surface area contributed by atoms with Gasteiger partial charge < -0.3 is 0 Å². The van der Waals surface area contributed by atoms with Gasteiger partial charge in [0, 0.05) is 5.56 Å². The molecule has 6 heteroatoms. The molecule has 1 aromatic heterocycles. The average molecular weight is 307 g/mol. The number of carbonyl (C=O) groups excluding carboxylic acids is 1. The van der Waals surface area contributed by atoms with Crippen LogP contribution in [0.15, 0.2) is 16.5 Å². The van der Waals surface area contributed by atoms with Gasteiger partial charge in [0.2, 0.25) is 5.13 Å². The second-order valence-corrected chi connectivity index (χ2v) is 7.02. The maximum absolute atomic E-state index is 12.4. The summed E-state index contributed by atoms with van der Waals surface area (Å²) >= 11 is 3.02. The van der Waals surface area contributed by atoms with Crippen molar-refractivity contribution in [2.45, 2.75) is 32.0 Å². The number of rotatable bonds is 4. The van der Waals surface area contributed by atoms with Crippen LogP contribution in [0.2, 0.25) is 0 Å². The summed E-state index contributed by atoms with van der Waals surface area (Å²) in [6.45, 7) is 7.99. The Morgan fingerprint density at radius 2 is 1.90 bits per heavy atom. The van der Waals surface area contributed by atoms with Crippen LogP contribution in [-0.2, 0) is 0 Å². The van der Waals surface area contributed by atoms with E-state index >= 15 is 0 Å². The molecular formula is C14H17N3OS2. The molecule has 1 aromatic carbocycles. The van der Waals surface area contributed by atoms with Crippen LogP contribution in [0, 0.1) is 20.8 Å². The number of aromatic nitrogens is 2. The molecule has 2 rings (SSSR count). The third-order valence-corrected chi connectivity index (χ3v) is 4.65. The van der Waals surface area contributed by atoms with E-state index in [0.717, 1.165) is 32.3 Å². The second kappa shape index (κ2) is 6.37. The van der Waals surface area contributed by atoms with Gasteiger partial charge in [0.1, 0.15) is 0 Å². The van der Waals surface area contributed by atoms with Crippen molar-refractivity contribution >= 4 is 34.1 Å². The van der Waals surface area contributed by atoms with Gasteiger partial charge in [-0.05, 0) is 37.7 Å². The molecular weight excluding hydrogens is 290 g/mol. The molecule has 0 aliphatic carbocycles. The Morgan fingerprint density at radius 1 is 1.25 bits per heavy atom. The Labute approximate surface area is 127 Å². The Balaban J connectivity index is 2.19. The van der Waals surface area contributed by atoms with E-state index in [1.165, 1.54) is 11.3 Å². The molecule has 0 saturated carbocycles. The molecule has 0 atom stereocenters. The molecule has 1 heterocycles. The first kappa shape index (κ1) is 15.0. The number of nitrogens with zero attached hydrogens (tertiary/aromatic N) is 2. The number of hydrogen-bond donors (Lipinski definition) is 1. The monoisotopic (exact) mass is 307 g/mol. The molecule has 0 aliphatic heterocycles. The standard InChI is InChI=1S/C14H17N3OS2/c1-5-19-14-17-16-13(20-14)15-12(18)11-9(3)6-8(2)7-10(11)4/h6-7H,5H2,1-4H3,(H,15,16,18). The van der Waals surface area contributed by atoms with Crippen LogP contribution in [-0.4, -0.2) is 21.9 Å². The number of hydrogen-bond acceptors (Lipinski definition) is 5. The lowest BCUT2D eigenvalue weighted by atomic mass is 9.99. The Bertz CT molecular complexity index is 614. The topological polar surface area (TPSA) is 54.9 Å². The van der Waals surface area contributed by atoms with Gasteiger partial charge in [-0.15, -0.1) is 10.2 Å². The summed E-state index contributed by atoms with van der Waals surface area (Å²) in [5.41, 5.74) is 3.84. The molecule has 0 fully saturated rings. The van der Waals surface area contributed by atoms with E-state index < -0.39 is 0 Å². The molecule has 1 amide bonds. The summed E-state index contributed by atoms with van der Waals surface area (Å²) in [4.78, 5) is 12.4. The van der Waals surface area contributed by atoms with E-state index in [9.17, 15) is 4.79 Å². The van der Waals surface area contributed by atoms with Gasteiger partial charge in [-0.3, -0.25) is 10.1 Å². The van der Waals surface area contributed by atoms with Crippen molar-refractivity contribution in [3.05, 3.63) is 34.4 Å². The number of aryl methyl sites for hydroxylation is 3. The Hall–Kier alpha value is -1.40. The van der Waals surface area contributed by atoms with Gasteiger partial charge in [-0.1, -0.05) is 47.7 Å². The van der Waals surface area contributed by atoms with Gasteiger partial charge in [0.15, 0.2) is 4.34 Å². The van der Waals surface area contributed by atoms with Crippen LogP contribution >= 0.6 is 23.1 Å². The normalized spacial score (nSPS) is 10.6.